The van der Waals surface area contributed by atoms with E-state index < -0.39 is 11.2 Å². The molecule has 0 aliphatic rings. The van der Waals surface area contributed by atoms with Gasteiger partial charge in [-0.15, -0.1) is 0 Å². The molecule has 1 rings (SSSR count). The Labute approximate surface area is 104 Å². The van der Waals surface area contributed by atoms with Crippen molar-refractivity contribution in [1.82, 2.24) is 19.8 Å². The number of hydrogen-bond acceptors (Lipinski definition) is 4. The summed E-state index contributed by atoms with van der Waals surface area (Å²) in [5.74, 6) is 0. The minimum atomic E-state index is -0.548. The first-order valence-electron chi connectivity index (χ1n) is 5.35. The molecule has 0 aromatic carbocycles. The maximum Gasteiger partial charge on any atom is 0.328 e. The average molecular weight is 261 g/mol. The zero-order chi connectivity index (χ0) is 12.8. The lowest BCUT2D eigenvalue weighted by atomic mass is 10.5. The fraction of sp³-hybridized carbons (Fsp3) is 0.600. The fourth-order valence-electron chi connectivity index (χ4n) is 1.28. The highest BCUT2D eigenvalue weighted by Gasteiger charge is 2.01. The third kappa shape index (κ3) is 4.72. The molecule has 0 spiro atoms. The molecule has 0 amide bonds. The molecule has 1 heterocycles. The third-order valence-corrected chi connectivity index (χ3v) is 2.50. The molecule has 0 saturated heterocycles. The van der Waals surface area contributed by atoms with Crippen molar-refractivity contribution < 1.29 is 0 Å². The minimum absolute atomic E-state index is 0.0258. The van der Waals surface area contributed by atoms with Crippen LogP contribution in [0.3, 0.4) is 0 Å². The van der Waals surface area contributed by atoms with Crippen LogP contribution in [-0.4, -0.2) is 48.2 Å². The SMILES string of the molecule is CN(C)CCNCCn1cc(Cl)c(=O)[nH]c1=O. The second-order valence-electron chi connectivity index (χ2n) is 3.98. The van der Waals surface area contributed by atoms with Crippen LogP contribution in [0.15, 0.2) is 15.8 Å². The summed E-state index contributed by atoms with van der Waals surface area (Å²) in [6.07, 6.45) is 1.36. The van der Waals surface area contributed by atoms with Crippen molar-refractivity contribution in [2.24, 2.45) is 0 Å². The number of H-pyrrole nitrogens is 1. The van der Waals surface area contributed by atoms with E-state index in [0.29, 0.717) is 13.1 Å². The number of aromatic nitrogens is 2. The van der Waals surface area contributed by atoms with E-state index >= 15 is 0 Å². The van der Waals surface area contributed by atoms with Crippen molar-refractivity contribution in [1.29, 1.82) is 0 Å². The molecule has 0 unspecified atom stereocenters. The van der Waals surface area contributed by atoms with Gasteiger partial charge in [-0.1, -0.05) is 11.6 Å². The van der Waals surface area contributed by atoms with E-state index in [1.165, 1.54) is 10.8 Å². The summed E-state index contributed by atoms with van der Waals surface area (Å²) in [6.45, 7) is 2.90. The number of likely N-dealkylation sites (N-methyl/N-ethyl adjacent to an activating group) is 1. The third-order valence-electron chi connectivity index (χ3n) is 2.23. The molecule has 96 valence electrons. The second-order valence-corrected chi connectivity index (χ2v) is 4.39. The van der Waals surface area contributed by atoms with Crippen LogP contribution in [0.2, 0.25) is 5.02 Å². The molecule has 1 aromatic rings. The van der Waals surface area contributed by atoms with Crippen molar-refractivity contribution in [3.8, 4) is 0 Å². The maximum absolute atomic E-state index is 11.4. The van der Waals surface area contributed by atoms with Crippen molar-refractivity contribution in [2.45, 2.75) is 6.54 Å². The largest absolute Gasteiger partial charge is 0.328 e. The zero-order valence-corrected chi connectivity index (χ0v) is 10.8. The summed E-state index contributed by atoms with van der Waals surface area (Å²) in [6, 6.07) is 0. The topological polar surface area (TPSA) is 70.1 Å². The van der Waals surface area contributed by atoms with Gasteiger partial charge in [-0.25, -0.2) is 4.79 Å². The van der Waals surface area contributed by atoms with E-state index in [9.17, 15) is 9.59 Å². The molecule has 0 atom stereocenters. The summed E-state index contributed by atoms with van der Waals surface area (Å²) < 4.78 is 1.38. The Hall–Kier alpha value is -1.11. The van der Waals surface area contributed by atoms with Gasteiger partial charge in [0, 0.05) is 32.4 Å². The smallest absolute Gasteiger partial charge is 0.314 e. The van der Waals surface area contributed by atoms with E-state index in [1.54, 1.807) is 0 Å². The minimum Gasteiger partial charge on any atom is -0.314 e. The van der Waals surface area contributed by atoms with Gasteiger partial charge in [0.05, 0.1) is 0 Å². The Morgan fingerprint density at radius 2 is 2.12 bits per heavy atom. The highest BCUT2D eigenvalue weighted by molar-refractivity contribution is 6.30. The molecule has 0 aliphatic heterocycles. The van der Waals surface area contributed by atoms with Crippen LogP contribution >= 0.6 is 11.6 Å². The average Bonchev–Trinajstić information content (AvgIpc) is 2.24. The highest BCUT2D eigenvalue weighted by Crippen LogP contribution is 1.94. The second kappa shape index (κ2) is 6.58. The van der Waals surface area contributed by atoms with Crippen LogP contribution in [0.1, 0.15) is 0 Å². The monoisotopic (exact) mass is 260 g/mol. The standard InChI is InChI=1S/C10H17ClN4O2/c1-14(2)5-3-12-4-6-15-7-8(11)9(16)13-10(15)17/h7,12H,3-6H2,1-2H3,(H,13,16,17). The van der Waals surface area contributed by atoms with Gasteiger partial charge in [-0.2, -0.15) is 0 Å². The van der Waals surface area contributed by atoms with Crippen LogP contribution < -0.4 is 16.6 Å². The summed E-state index contributed by atoms with van der Waals surface area (Å²) in [5, 5.41) is 3.22. The van der Waals surface area contributed by atoms with Gasteiger partial charge < -0.3 is 10.2 Å². The lowest BCUT2D eigenvalue weighted by Gasteiger charge is -2.10. The number of hydrogen-bond donors (Lipinski definition) is 2. The van der Waals surface area contributed by atoms with Crippen LogP contribution in [0.5, 0.6) is 0 Å². The van der Waals surface area contributed by atoms with Crippen LogP contribution in [0.25, 0.3) is 0 Å². The Balaban J connectivity index is 2.45. The number of halogens is 1. The van der Waals surface area contributed by atoms with Crippen LogP contribution in [0, 0.1) is 0 Å². The molecule has 1 aromatic heterocycles. The van der Waals surface area contributed by atoms with Crippen molar-refractivity contribution in [2.75, 3.05) is 33.7 Å². The zero-order valence-electron chi connectivity index (χ0n) is 9.99. The molecule has 6 nitrogen and oxygen atoms in total. The van der Waals surface area contributed by atoms with Gasteiger partial charge >= 0.3 is 5.69 Å². The fourth-order valence-corrected chi connectivity index (χ4v) is 1.44. The van der Waals surface area contributed by atoms with E-state index in [-0.39, 0.29) is 5.02 Å². The number of nitrogens with zero attached hydrogens (tertiary/aromatic N) is 2. The van der Waals surface area contributed by atoms with Gasteiger partial charge in [0.25, 0.3) is 5.56 Å². The van der Waals surface area contributed by atoms with E-state index in [0.717, 1.165) is 13.1 Å². The van der Waals surface area contributed by atoms with E-state index in [4.69, 9.17) is 11.6 Å². The molecule has 17 heavy (non-hydrogen) atoms. The molecule has 7 heteroatoms. The van der Waals surface area contributed by atoms with Gasteiger partial charge in [-0.3, -0.25) is 14.3 Å². The Morgan fingerprint density at radius 3 is 2.76 bits per heavy atom. The van der Waals surface area contributed by atoms with Crippen molar-refractivity contribution in [3.05, 3.63) is 32.1 Å². The quantitative estimate of drug-likeness (QED) is 0.667. The molecular weight excluding hydrogens is 244 g/mol. The van der Waals surface area contributed by atoms with E-state index in [1.807, 2.05) is 14.1 Å². The summed E-state index contributed by atoms with van der Waals surface area (Å²) in [4.78, 5) is 26.6. The molecular formula is C10H17ClN4O2. The van der Waals surface area contributed by atoms with Crippen molar-refractivity contribution >= 4 is 11.6 Å². The maximum atomic E-state index is 11.4. The number of nitrogens with one attached hydrogen (secondary N) is 2. The molecule has 2 N–H and O–H groups in total. The summed E-state index contributed by atoms with van der Waals surface area (Å²) >= 11 is 5.64. The predicted octanol–water partition coefficient (Wildman–Crippen LogP) is -0.659. The predicted molar refractivity (Wildman–Crippen MR) is 67.8 cm³/mol. The lowest BCUT2D eigenvalue weighted by molar-refractivity contribution is 0.397. The highest BCUT2D eigenvalue weighted by atomic mass is 35.5. The Bertz CT molecular complexity index is 466. The van der Waals surface area contributed by atoms with Gasteiger partial charge in [0.15, 0.2) is 0 Å². The summed E-state index contributed by atoms with van der Waals surface area (Å²) in [5.41, 5.74) is -0.984. The first-order chi connectivity index (χ1) is 8.00. The van der Waals surface area contributed by atoms with Gasteiger partial charge in [0.1, 0.15) is 5.02 Å². The van der Waals surface area contributed by atoms with Gasteiger partial charge in [-0.05, 0) is 14.1 Å². The molecule has 0 saturated carbocycles. The van der Waals surface area contributed by atoms with E-state index in [2.05, 4.69) is 15.2 Å². The summed E-state index contributed by atoms with van der Waals surface area (Å²) in [7, 11) is 3.99. The first-order valence-corrected chi connectivity index (χ1v) is 5.73. The number of aromatic amines is 1. The molecule has 0 bridgehead atoms. The molecule has 0 fully saturated rings. The molecule has 0 radical (unpaired) electrons. The number of rotatable bonds is 6. The first kappa shape index (κ1) is 14.0. The van der Waals surface area contributed by atoms with Crippen molar-refractivity contribution in [3.63, 3.8) is 0 Å². The Kier molecular flexibility index (Phi) is 5.40. The molecule has 0 aliphatic carbocycles. The van der Waals surface area contributed by atoms with Crippen LogP contribution in [-0.2, 0) is 6.54 Å². The Morgan fingerprint density at radius 1 is 1.41 bits per heavy atom. The lowest BCUT2D eigenvalue weighted by Crippen LogP contribution is -2.34. The van der Waals surface area contributed by atoms with Gasteiger partial charge in [0.2, 0.25) is 0 Å². The van der Waals surface area contributed by atoms with Crippen LogP contribution in [0.4, 0.5) is 0 Å². The normalized spacial score (nSPS) is 11.1.